The van der Waals surface area contributed by atoms with Crippen LogP contribution in [0.5, 0.6) is 0 Å². The lowest BCUT2D eigenvalue weighted by atomic mass is 10.1. The molecule has 0 N–H and O–H groups in total. The molecule has 12 heavy (non-hydrogen) atoms. The van der Waals surface area contributed by atoms with Crippen LogP contribution in [0.2, 0.25) is 0 Å². The molecule has 0 fully saturated rings. The zero-order valence-electron chi connectivity index (χ0n) is 8.01. The van der Waals surface area contributed by atoms with Crippen molar-refractivity contribution in [2.45, 2.75) is 39.5 Å². The molecule has 2 nitrogen and oxygen atoms in total. The van der Waals surface area contributed by atoms with Crippen LogP contribution < -0.4 is 0 Å². The molecule has 0 aliphatic heterocycles. The van der Waals surface area contributed by atoms with E-state index in [0.717, 1.165) is 0 Å². The van der Waals surface area contributed by atoms with E-state index in [0.29, 0.717) is 6.61 Å². The Morgan fingerprint density at radius 3 is 1.92 bits per heavy atom. The number of rotatable bonds is 1. The summed E-state index contributed by atoms with van der Waals surface area (Å²) >= 11 is 0. The fourth-order valence-corrected chi connectivity index (χ4v) is 0.963. The first kappa shape index (κ1) is 11.2. The number of hydrogen-bond acceptors (Lipinski definition) is 2. The molecule has 2 heteroatoms. The highest BCUT2D eigenvalue weighted by molar-refractivity contribution is 5.65. The average molecular weight is 170 g/mol. The van der Waals surface area contributed by atoms with Crippen molar-refractivity contribution in [3.05, 3.63) is 12.2 Å². The molecule has 0 bridgehead atoms. The van der Waals surface area contributed by atoms with Crippen LogP contribution >= 0.6 is 0 Å². The van der Waals surface area contributed by atoms with Crippen LogP contribution in [-0.4, -0.2) is 12.6 Å². The molecule has 0 aromatic heterocycles. The van der Waals surface area contributed by atoms with Gasteiger partial charge >= 0.3 is 5.97 Å². The maximum absolute atomic E-state index is 9.82. The summed E-state index contributed by atoms with van der Waals surface area (Å²) < 4.78 is 4.40. The highest BCUT2D eigenvalue weighted by Gasteiger charge is 1.87. The van der Waals surface area contributed by atoms with Crippen molar-refractivity contribution in [2.75, 3.05) is 6.61 Å². The van der Waals surface area contributed by atoms with Crippen molar-refractivity contribution >= 4 is 5.97 Å². The highest BCUT2D eigenvalue weighted by atomic mass is 16.5. The van der Waals surface area contributed by atoms with E-state index in [-0.39, 0.29) is 5.97 Å². The van der Waals surface area contributed by atoms with Crippen LogP contribution in [0.15, 0.2) is 12.2 Å². The summed E-state index contributed by atoms with van der Waals surface area (Å²) in [5.41, 5.74) is 0. The number of hydrogen-bond donors (Lipinski definition) is 0. The fourth-order valence-electron chi connectivity index (χ4n) is 0.963. The Balaban J connectivity index is 0.000000202. The summed E-state index contributed by atoms with van der Waals surface area (Å²) in [6.07, 6.45) is 10.0. The smallest absolute Gasteiger partial charge is 0.302 e. The zero-order valence-corrected chi connectivity index (χ0v) is 8.01. The van der Waals surface area contributed by atoms with Gasteiger partial charge in [0.2, 0.25) is 0 Å². The van der Waals surface area contributed by atoms with Crippen molar-refractivity contribution in [1.82, 2.24) is 0 Å². The molecule has 0 aromatic rings. The second-order valence-corrected chi connectivity index (χ2v) is 2.68. The molecule has 1 rings (SSSR count). The largest absolute Gasteiger partial charge is 0.466 e. The summed E-state index contributed by atoms with van der Waals surface area (Å²) in [5, 5.41) is 0. The van der Waals surface area contributed by atoms with Crippen molar-refractivity contribution in [3.8, 4) is 0 Å². The minimum atomic E-state index is -0.211. The lowest BCUT2D eigenvalue weighted by molar-refractivity contribution is -0.140. The van der Waals surface area contributed by atoms with E-state index in [1.54, 1.807) is 6.92 Å². The van der Waals surface area contributed by atoms with Gasteiger partial charge in [0.1, 0.15) is 0 Å². The maximum Gasteiger partial charge on any atom is 0.302 e. The molecule has 1 aliphatic rings. The standard InChI is InChI=1S/C6H10.C4H8O2/c1-2-4-6-5-3-1;1-3-6-4(2)5/h1-2H,3-6H2;3H2,1-2H3. The molecular formula is C10H18O2. The first-order chi connectivity index (χ1) is 5.77. The van der Waals surface area contributed by atoms with Gasteiger partial charge in [-0.2, -0.15) is 0 Å². The molecule has 0 saturated heterocycles. The highest BCUT2D eigenvalue weighted by Crippen LogP contribution is 2.07. The second-order valence-electron chi connectivity index (χ2n) is 2.68. The third-order valence-electron chi connectivity index (χ3n) is 1.51. The van der Waals surface area contributed by atoms with Crippen LogP contribution in [0, 0.1) is 0 Å². The van der Waals surface area contributed by atoms with Gasteiger partial charge in [-0.3, -0.25) is 4.79 Å². The quantitative estimate of drug-likeness (QED) is 0.446. The number of ether oxygens (including phenoxy) is 1. The van der Waals surface area contributed by atoms with Crippen LogP contribution in [0.3, 0.4) is 0 Å². The number of esters is 1. The second kappa shape index (κ2) is 8.31. The zero-order chi connectivity index (χ0) is 9.23. The lowest BCUT2D eigenvalue weighted by Crippen LogP contribution is -1.95. The summed E-state index contributed by atoms with van der Waals surface area (Å²) in [7, 11) is 0. The Hall–Kier alpha value is -0.790. The monoisotopic (exact) mass is 170 g/mol. The van der Waals surface area contributed by atoms with E-state index in [9.17, 15) is 4.79 Å². The Labute approximate surface area is 74.6 Å². The van der Waals surface area contributed by atoms with Crippen molar-refractivity contribution in [3.63, 3.8) is 0 Å². The predicted molar refractivity (Wildman–Crippen MR) is 49.9 cm³/mol. The molecular weight excluding hydrogens is 152 g/mol. The summed E-state index contributed by atoms with van der Waals surface area (Å²) in [6, 6.07) is 0. The maximum atomic E-state index is 9.82. The van der Waals surface area contributed by atoms with Gasteiger partial charge in [-0.1, -0.05) is 12.2 Å². The Kier molecular flexibility index (Phi) is 7.76. The number of allylic oxidation sites excluding steroid dienone is 2. The van der Waals surface area contributed by atoms with E-state index < -0.39 is 0 Å². The molecule has 0 aromatic carbocycles. The van der Waals surface area contributed by atoms with Crippen LogP contribution in [-0.2, 0) is 9.53 Å². The Morgan fingerprint density at radius 2 is 1.83 bits per heavy atom. The summed E-state index contributed by atoms with van der Waals surface area (Å²) in [5.74, 6) is -0.211. The third kappa shape index (κ3) is 9.21. The minimum Gasteiger partial charge on any atom is -0.466 e. The molecule has 0 radical (unpaired) electrons. The van der Waals surface area contributed by atoms with E-state index in [1.807, 2.05) is 0 Å². The molecule has 0 atom stereocenters. The van der Waals surface area contributed by atoms with E-state index in [1.165, 1.54) is 32.6 Å². The topological polar surface area (TPSA) is 26.3 Å². The van der Waals surface area contributed by atoms with Gasteiger partial charge in [0.15, 0.2) is 0 Å². The third-order valence-corrected chi connectivity index (χ3v) is 1.51. The van der Waals surface area contributed by atoms with Gasteiger partial charge in [-0.15, -0.1) is 0 Å². The first-order valence-corrected chi connectivity index (χ1v) is 4.55. The molecule has 0 spiro atoms. The van der Waals surface area contributed by atoms with Gasteiger partial charge in [-0.25, -0.2) is 0 Å². The van der Waals surface area contributed by atoms with Gasteiger partial charge < -0.3 is 4.74 Å². The molecule has 70 valence electrons. The first-order valence-electron chi connectivity index (χ1n) is 4.55. The number of carbonyl (C=O) groups is 1. The van der Waals surface area contributed by atoms with Crippen molar-refractivity contribution < 1.29 is 9.53 Å². The van der Waals surface area contributed by atoms with Crippen LogP contribution in [0.1, 0.15) is 39.5 Å². The van der Waals surface area contributed by atoms with E-state index in [4.69, 9.17) is 0 Å². The Morgan fingerprint density at radius 1 is 1.33 bits per heavy atom. The van der Waals surface area contributed by atoms with E-state index >= 15 is 0 Å². The summed E-state index contributed by atoms with van der Waals surface area (Å²) in [6.45, 7) is 3.65. The minimum absolute atomic E-state index is 0.211. The van der Waals surface area contributed by atoms with Crippen LogP contribution in [0.4, 0.5) is 0 Å². The average Bonchev–Trinajstić information content (AvgIpc) is 2.08. The SMILES string of the molecule is C1=CCCCC1.CCOC(C)=O. The molecule has 0 amide bonds. The predicted octanol–water partition coefficient (Wildman–Crippen LogP) is 2.69. The molecule has 0 unspecified atom stereocenters. The van der Waals surface area contributed by atoms with Crippen LogP contribution in [0.25, 0.3) is 0 Å². The molecule has 0 saturated carbocycles. The Bertz CT molecular complexity index is 131. The van der Waals surface area contributed by atoms with Crippen molar-refractivity contribution in [2.24, 2.45) is 0 Å². The number of carbonyl (C=O) groups excluding carboxylic acids is 1. The summed E-state index contributed by atoms with van der Waals surface area (Å²) in [4.78, 5) is 9.82. The molecule has 1 aliphatic carbocycles. The lowest BCUT2D eigenvalue weighted by Gasteiger charge is -1.97. The van der Waals surface area contributed by atoms with Gasteiger partial charge in [0.25, 0.3) is 0 Å². The molecule has 0 heterocycles. The normalized spacial score (nSPS) is 14.5. The fraction of sp³-hybridized carbons (Fsp3) is 0.700. The van der Waals surface area contributed by atoms with Crippen molar-refractivity contribution in [1.29, 1.82) is 0 Å². The van der Waals surface area contributed by atoms with Gasteiger partial charge in [0.05, 0.1) is 6.61 Å². The van der Waals surface area contributed by atoms with E-state index in [2.05, 4.69) is 16.9 Å². The van der Waals surface area contributed by atoms with Gasteiger partial charge in [-0.05, 0) is 32.6 Å². The van der Waals surface area contributed by atoms with Gasteiger partial charge in [0, 0.05) is 6.92 Å².